The van der Waals surface area contributed by atoms with Crippen molar-refractivity contribution in [3.8, 4) is 0 Å². The molecule has 0 bridgehead atoms. The van der Waals surface area contributed by atoms with Crippen molar-refractivity contribution in [2.75, 3.05) is 0 Å². The minimum atomic E-state index is -1.05. The van der Waals surface area contributed by atoms with Gasteiger partial charge in [-0.25, -0.2) is 9.78 Å². The number of aromatic carboxylic acids is 1. The SMILES string of the molecule is Cc1[nH]c(C(=O)N[C@H](CC(C)C)c2ncnn2C)c(C)c1C(=O)O. The van der Waals surface area contributed by atoms with E-state index < -0.39 is 5.97 Å². The first-order valence-electron chi connectivity index (χ1n) is 7.79. The molecule has 130 valence electrons. The molecule has 0 fully saturated rings. The van der Waals surface area contributed by atoms with E-state index in [0.717, 1.165) is 0 Å². The van der Waals surface area contributed by atoms with Crippen molar-refractivity contribution in [1.82, 2.24) is 25.1 Å². The minimum absolute atomic E-state index is 0.138. The van der Waals surface area contributed by atoms with Crippen molar-refractivity contribution in [2.45, 2.75) is 40.2 Å². The standard InChI is InChI=1S/C16H23N5O3/c1-8(2)6-11(14-17-7-18-21(14)5)20-15(22)13-9(3)12(16(23)24)10(4)19-13/h7-8,11,19H,6H2,1-5H3,(H,20,22)(H,23,24)/t11-/m1/s1. The van der Waals surface area contributed by atoms with Crippen molar-refractivity contribution < 1.29 is 14.7 Å². The lowest BCUT2D eigenvalue weighted by Gasteiger charge is -2.19. The maximum atomic E-state index is 12.7. The highest BCUT2D eigenvalue weighted by molar-refractivity contribution is 6.00. The van der Waals surface area contributed by atoms with E-state index in [-0.39, 0.29) is 23.2 Å². The molecule has 0 aliphatic rings. The van der Waals surface area contributed by atoms with E-state index in [1.165, 1.54) is 6.33 Å². The quantitative estimate of drug-likeness (QED) is 0.748. The summed E-state index contributed by atoms with van der Waals surface area (Å²) in [6.07, 6.45) is 2.14. The maximum absolute atomic E-state index is 12.7. The molecule has 0 aliphatic heterocycles. The van der Waals surface area contributed by atoms with Crippen molar-refractivity contribution in [2.24, 2.45) is 13.0 Å². The van der Waals surface area contributed by atoms with E-state index >= 15 is 0 Å². The van der Waals surface area contributed by atoms with Crippen molar-refractivity contribution >= 4 is 11.9 Å². The van der Waals surface area contributed by atoms with Gasteiger partial charge in [0.15, 0.2) is 0 Å². The number of hydrogen-bond donors (Lipinski definition) is 3. The zero-order chi connectivity index (χ0) is 18.0. The monoisotopic (exact) mass is 333 g/mol. The number of carboxylic acid groups (broad SMARTS) is 1. The van der Waals surface area contributed by atoms with Gasteiger partial charge < -0.3 is 15.4 Å². The Morgan fingerprint density at radius 1 is 1.38 bits per heavy atom. The summed E-state index contributed by atoms with van der Waals surface area (Å²) in [5.41, 5.74) is 1.29. The van der Waals surface area contributed by atoms with Crippen LogP contribution in [0.15, 0.2) is 6.33 Å². The average Bonchev–Trinajstić information content (AvgIpc) is 3.01. The first kappa shape index (κ1) is 17.7. The fourth-order valence-electron chi connectivity index (χ4n) is 2.85. The van der Waals surface area contributed by atoms with Crippen molar-refractivity contribution in [3.63, 3.8) is 0 Å². The lowest BCUT2D eigenvalue weighted by atomic mass is 10.0. The summed E-state index contributed by atoms with van der Waals surface area (Å²) in [7, 11) is 1.77. The Bertz CT molecular complexity index is 760. The number of aromatic amines is 1. The van der Waals surface area contributed by atoms with Gasteiger partial charge in [0, 0.05) is 12.7 Å². The molecule has 0 saturated carbocycles. The summed E-state index contributed by atoms with van der Waals surface area (Å²) >= 11 is 0. The molecule has 0 aromatic carbocycles. The Morgan fingerprint density at radius 3 is 2.50 bits per heavy atom. The lowest BCUT2D eigenvalue weighted by Crippen LogP contribution is -2.32. The molecular formula is C16H23N5O3. The van der Waals surface area contributed by atoms with Crippen LogP contribution >= 0.6 is 0 Å². The molecule has 2 aromatic rings. The number of nitrogens with zero attached hydrogens (tertiary/aromatic N) is 3. The van der Waals surface area contributed by atoms with E-state index in [9.17, 15) is 14.7 Å². The van der Waals surface area contributed by atoms with Crippen LogP contribution in [0.5, 0.6) is 0 Å². The molecule has 2 heterocycles. The van der Waals surface area contributed by atoms with Crippen LogP contribution in [0.3, 0.4) is 0 Å². The second-order valence-corrected chi connectivity index (χ2v) is 6.33. The van der Waals surface area contributed by atoms with Crippen LogP contribution in [0.4, 0.5) is 0 Å². The molecule has 24 heavy (non-hydrogen) atoms. The van der Waals surface area contributed by atoms with Crippen molar-refractivity contribution in [3.05, 3.63) is 34.7 Å². The predicted octanol–water partition coefficient (Wildman–Crippen LogP) is 1.98. The number of nitrogens with one attached hydrogen (secondary N) is 2. The topological polar surface area (TPSA) is 113 Å². The van der Waals surface area contributed by atoms with Crippen LogP contribution in [-0.4, -0.2) is 36.7 Å². The maximum Gasteiger partial charge on any atom is 0.337 e. The Labute approximate surface area is 140 Å². The van der Waals surface area contributed by atoms with Crippen LogP contribution in [0.25, 0.3) is 0 Å². The van der Waals surface area contributed by atoms with Crippen molar-refractivity contribution in [1.29, 1.82) is 0 Å². The molecule has 0 aliphatic carbocycles. The summed E-state index contributed by atoms with van der Waals surface area (Å²) in [4.78, 5) is 31.1. The van der Waals surface area contributed by atoms with Crippen LogP contribution in [0.1, 0.15) is 64.2 Å². The number of carbonyl (C=O) groups is 2. The highest BCUT2D eigenvalue weighted by Crippen LogP contribution is 2.22. The lowest BCUT2D eigenvalue weighted by molar-refractivity contribution is 0.0695. The van der Waals surface area contributed by atoms with Crippen LogP contribution in [0, 0.1) is 19.8 Å². The van der Waals surface area contributed by atoms with Gasteiger partial charge >= 0.3 is 5.97 Å². The Hall–Kier alpha value is -2.64. The highest BCUT2D eigenvalue weighted by atomic mass is 16.4. The molecule has 0 spiro atoms. The summed E-state index contributed by atoms with van der Waals surface area (Å²) in [5.74, 6) is -0.395. The summed E-state index contributed by atoms with van der Waals surface area (Å²) in [6, 6.07) is -0.304. The molecule has 1 amide bonds. The van der Waals surface area contributed by atoms with Gasteiger partial charge in [0.1, 0.15) is 17.8 Å². The highest BCUT2D eigenvalue weighted by Gasteiger charge is 2.25. The van der Waals surface area contributed by atoms with Gasteiger partial charge in [0.25, 0.3) is 5.91 Å². The van der Waals surface area contributed by atoms with Gasteiger partial charge in [0.05, 0.1) is 11.6 Å². The van der Waals surface area contributed by atoms with Crippen LogP contribution < -0.4 is 5.32 Å². The van der Waals surface area contributed by atoms with E-state index in [1.807, 2.05) is 0 Å². The van der Waals surface area contributed by atoms with Crippen LogP contribution in [-0.2, 0) is 7.05 Å². The second kappa shape index (κ2) is 6.86. The molecule has 2 rings (SSSR count). The third kappa shape index (κ3) is 3.47. The number of H-pyrrole nitrogens is 1. The number of amides is 1. The van der Waals surface area contributed by atoms with E-state index in [1.54, 1.807) is 25.6 Å². The molecule has 8 nitrogen and oxygen atoms in total. The Balaban J connectivity index is 2.30. The van der Waals surface area contributed by atoms with E-state index in [0.29, 0.717) is 29.4 Å². The van der Waals surface area contributed by atoms with Gasteiger partial charge in [-0.2, -0.15) is 5.10 Å². The van der Waals surface area contributed by atoms with Gasteiger partial charge in [0.2, 0.25) is 0 Å². The predicted molar refractivity (Wildman–Crippen MR) is 87.9 cm³/mol. The summed E-state index contributed by atoms with van der Waals surface area (Å²) in [5, 5.41) is 16.3. The Morgan fingerprint density at radius 2 is 2.04 bits per heavy atom. The number of hydrogen-bond acceptors (Lipinski definition) is 4. The first-order valence-corrected chi connectivity index (χ1v) is 7.79. The van der Waals surface area contributed by atoms with E-state index in [4.69, 9.17) is 0 Å². The number of aryl methyl sites for hydroxylation is 2. The molecule has 3 N–H and O–H groups in total. The molecule has 0 unspecified atom stereocenters. The fourth-order valence-corrected chi connectivity index (χ4v) is 2.85. The summed E-state index contributed by atoms with van der Waals surface area (Å²) in [6.45, 7) is 7.38. The minimum Gasteiger partial charge on any atom is -0.478 e. The largest absolute Gasteiger partial charge is 0.478 e. The van der Waals surface area contributed by atoms with Crippen LogP contribution in [0.2, 0.25) is 0 Å². The van der Waals surface area contributed by atoms with Gasteiger partial charge in [-0.3, -0.25) is 9.48 Å². The van der Waals surface area contributed by atoms with Gasteiger partial charge in [-0.05, 0) is 31.7 Å². The van der Waals surface area contributed by atoms with E-state index in [2.05, 4.69) is 34.2 Å². The van der Waals surface area contributed by atoms with Gasteiger partial charge in [-0.1, -0.05) is 13.8 Å². The zero-order valence-corrected chi connectivity index (χ0v) is 14.5. The number of carbonyl (C=O) groups excluding carboxylic acids is 1. The molecule has 0 saturated heterocycles. The first-order chi connectivity index (χ1) is 11.2. The zero-order valence-electron chi connectivity index (χ0n) is 14.5. The Kier molecular flexibility index (Phi) is 5.06. The number of rotatable bonds is 6. The molecule has 2 aromatic heterocycles. The number of aromatic nitrogens is 4. The molecule has 1 atom stereocenters. The third-order valence-electron chi connectivity index (χ3n) is 3.95. The second-order valence-electron chi connectivity index (χ2n) is 6.33. The third-order valence-corrected chi connectivity index (χ3v) is 3.95. The number of carboxylic acids is 1. The summed E-state index contributed by atoms with van der Waals surface area (Å²) < 4.78 is 1.63. The molecule has 8 heteroatoms. The molecule has 0 radical (unpaired) electrons. The molecular weight excluding hydrogens is 310 g/mol. The fraction of sp³-hybridized carbons (Fsp3) is 0.500. The average molecular weight is 333 g/mol. The van der Waals surface area contributed by atoms with Gasteiger partial charge in [-0.15, -0.1) is 0 Å². The smallest absolute Gasteiger partial charge is 0.337 e. The normalized spacial score (nSPS) is 12.4.